The van der Waals surface area contributed by atoms with Gasteiger partial charge in [0.2, 0.25) is 0 Å². The molecule has 2 N–H and O–H groups in total. The molecule has 0 fully saturated rings. The van der Waals surface area contributed by atoms with Crippen LogP contribution < -0.4 is 5.73 Å². The SMILES string of the molecule is Nc1cccc2c(C(=O)Cl)cccc12. The highest BCUT2D eigenvalue weighted by atomic mass is 35.5. The average Bonchev–Trinajstić information content (AvgIpc) is 2.17. The van der Waals surface area contributed by atoms with Gasteiger partial charge < -0.3 is 5.73 Å². The third kappa shape index (κ3) is 1.34. The van der Waals surface area contributed by atoms with Crippen molar-refractivity contribution in [2.45, 2.75) is 0 Å². The first-order chi connectivity index (χ1) is 6.70. The zero-order chi connectivity index (χ0) is 10.1. The van der Waals surface area contributed by atoms with Gasteiger partial charge in [-0.15, -0.1) is 0 Å². The zero-order valence-electron chi connectivity index (χ0n) is 7.33. The van der Waals surface area contributed by atoms with Crippen molar-refractivity contribution in [3.63, 3.8) is 0 Å². The van der Waals surface area contributed by atoms with Crippen molar-refractivity contribution in [1.29, 1.82) is 0 Å². The number of carbonyl (C=O) groups is 1. The van der Waals surface area contributed by atoms with Crippen molar-refractivity contribution >= 4 is 33.3 Å². The van der Waals surface area contributed by atoms with E-state index in [1.54, 1.807) is 24.3 Å². The lowest BCUT2D eigenvalue weighted by molar-refractivity contribution is 0.108. The Bertz CT molecular complexity index is 508. The maximum Gasteiger partial charge on any atom is 0.253 e. The Morgan fingerprint density at radius 2 is 1.71 bits per heavy atom. The molecule has 70 valence electrons. The van der Waals surface area contributed by atoms with Gasteiger partial charge in [-0.3, -0.25) is 4.79 Å². The Morgan fingerprint density at radius 3 is 2.43 bits per heavy atom. The predicted octanol–water partition coefficient (Wildman–Crippen LogP) is 2.80. The second-order valence-electron chi connectivity index (χ2n) is 3.02. The van der Waals surface area contributed by atoms with Crippen LogP contribution in [0.3, 0.4) is 0 Å². The first-order valence-corrected chi connectivity index (χ1v) is 4.55. The number of carbonyl (C=O) groups excluding carboxylic acids is 1. The summed E-state index contributed by atoms with van der Waals surface area (Å²) in [6.07, 6.45) is 0. The summed E-state index contributed by atoms with van der Waals surface area (Å²) in [6.45, 7) is 0. The van der Waals surface area contributed by atoms with E-state index in [9.17, 15) is 4.79 Å². The standard InChI is InChI=1S/C11H8ClNO/c12-11(14)9-5-1-4-8-7(9)3-2-6-10(8)13/h1-6H,13H2. The summed E-state index contributed by atoms with van der Waals surface area (Å²) in [5.41, 5.74) is 6.92. The molecular weight excluding hydrogens is 198 g/mol. The lowest BCUT2D eigenvalue weighted by Gasteiger charge is -2.04. The number of nitrogen functional groups attached to an aromatic ring is 1. The highest BCUT2D eigenvalue weighted by Crippen LogP contribution is 2.24. The smallest absolute Gasteiger partial charge is 0.253 e. The van der Waals surface area contributed by atoms with Crippen molar-refractivity contribution in [1.82, 2.24) is 0 Å². The lowest BCUT2D eigenvalue weighted by Crippen LogP contribution is -1.93. The van der Waals surface area contributed by atoms with Crippen LogP contribution in [-0.4, -0.2) is 5.24 Å². The van der Waals surface area contributed by atoms with E-state index in [1.807, 2.05) is 12.1 Å². The van der Waals surface area contributed by atoms with Gasteiger partial charge >= 0.3 is 0 Å². The summed E-state index contributed by atoms with van der Waals surface area (Å²) < 4.78 is 0. The average molecular weight is 206 g/mol. The third-order valence-corrected chi connectivity index (χ3v) is 2.37. The first-order valence-electron chi connectivity index (χ1n) is 4.17. The van der Waals surface area contributed by atoms with Crippen LogP contribution in [0, 0.1) is 0 Å². The van der Waals surface area contributed by atoms with Crippen LogP contribution in [-0.2, 0) is 0 Å². The van der Waals surface area contributed by atoms with Gasteiger partial charge in [-0.1, -0.05) is 24.3 Å². The number of hydrogen-bond donors (Lipinski definition) is 1. The molecule has 0 aliphatic rings. The Labute approximate surface area is 86.3 Å². The molecule has 0 aromatic heterocycles. The molecule has 0 aliphatic carbocycles. The topological polar surface area (TPSA) is 43.1 Å². The van der Waals surface area contributed by atoms with E-state index in [-0.39, 0.29) is 0 Å². The third-order valence-electron chi connectivity index (χ3n) is 2.17. The molecule has 3 heteroatoms. The van der Waals surface area contributed by atoms with Crippen LogP contribution >= 0.6 is 11.6 Å². The van der Waals surface area contributed by atoms with E-state index >= 15 is 0 Å². The minimum atomic E-state index is -0.457. The second kappa shape index (κ2) is 3.31. The van der Waals surface area contributed by atoms with Gasteiger partial charge in [-0.05, 0) is 29.1 Å². The number of halogens is 1. The molecule has 2 aromatic rings. The van der Waals surface area contributed by atoms with E-state index in [4.69, 9.17) is 17.3 Å². The molecular formula is C11H8ClNO. The summed E-state index contributed by atoms with van der Waals surface area (Å²) in [6, 6.07) is 10.8. The first kappa shape index (κ1) is 9.03. The molecule has 0 atom stereocenters. The van der Waals surface area contributed by atoms with Crippen LogP contribution in [0.1, 0.15) is 10.4 Å². The fourth-order valence-electron chi connectivity index (χ4n) is 1.51. The number of anilines is 1. The van der Waals surface area contributed by atoms with Gasteiger partial charge in [-0.2, -0.15) is 0 Å². The van der Waals surface area contributed by atoms with E-state index < -0.39 is 5.24 Å². The molecule has 0 unspecified atom stereocenters. The van der Waals surface area contributed by atoms with Crippen molar-refractivity contribution in [2.24, 2.45) is 0 Å². The normalized spacial score (nSPS) is 10.4. The molecule has 2 nitrogen and oxygen atoms in total. The van der Waals surface area contributed by atoms with Crippen LogP contribution in [0.5, 0.6) is 0 Å². The van der Waals surface area contributed by atoms with Crippen molar-refractivity contribution in [3.05, 3.63) is 42.0 Å². The minimum absolute atomic E-state index is 0.457. The van der Waals surface area contributed by atoms with Gasteiger partial charge in [0.05, 0.1) is 0 Å². The Kier molecular flexibility index (Phi) is 2.14. The molecule has 2 aromatic carbocycles. The molecule has 0 aliphatic heterocycles. The Balaban J connectivity index is 2.88. The fraction of sp³-hybridized carbons (Fsp3) is 0. The van der Waals surface area contributed by atoms with Gasteiger partial charge in [0, 0.05) is 16.6 Å². The summed E-state index contributed by atoms with van der Waals surface area (Å²) in [4.78, 5) is 11.1. The second-order valence-corrected chi connectivity index (χ2v) is 3.36. The van der Waals surface area contributed by atoms with E-state index in [2.05, 4.69) is 0 Å². The lowest BCUT2D eigenvalue weighted by atomic mass is 10.0. The van der Waals surface area contributed by atoms with Gasteiger partial charge in [-0.25, -0.2) is 0 Å². The predicted molar refractivity (Wildman–Crippen MR) is 58.5 cm³/mol. The number of hydrogen-bond acceptors (Lipinski definition) is 2. The monoisotopic (exact) mass is 205 g/mol. The molecule has 0 bridgehead atoms. The number of nitrogens with two attached hydrogens (primary N) is 1. The van der Waals surface area contributed by atoms with Gasteiger partial charge in [0.15, 0.2) is 0 Å². The molecule has 0 amide bonds. The van der Waals surface area contributed by atoms with Crippen LogP contribution in [0.2, 0.25) is 0 Å². The van der Waals surface area contributed by atoms with Crippen LogP contribution in [0.4, 0.5) is 5.69 Å². The van der Waals surface area contributed by atoms with E-state index in [1.165, 1.54) is 0 Å². The number of fused-ring (bicyclic) bond motifs is 1. The molecule has 2 rings (SSSR count). The molecule has 0 heterocycles. The fourth-order valence-corrected chi connectivity index (χ4v) is 1.67. The van der Waals surface area contributed by atoms with Crippen molar-refractivity contribution in [3.8, 4) is 0 Å². The summed E-state index contributed by atoms with van der Waals surface area (Å²) >= 11 is 5.45. The maximum atomic E-state index is 11.1. The largest absolute Gasteiger partial charge is 0.398 e. The van der Waals surface area contributed by atoms with E-state index in [0.717, 1.165) is 10.8 Å². The Hall–Kier alpha value is -1.54. The summed E-state index contributed by atoms with van der Waals surface area (Å²) in [5.74, 6) is 0. The van der Waals surface area contributed by atoms with Gasteiger partial charge in [0.25, 0.3) is 5.24 Å². The number of rotatable bonds is 1. The molecule has 14 heavy (non-hydrogen) atoms. The molecule has 0 saturated heterocycles. The molecule has 0 spiro atoms. The molecule has 0 saturated carbocycles. The summed E-state index contributed by atoms with van der Waals surface area (Å²) in [7, 11) is 0. The zero-order valence-corrected chi connectivity index (χ0v) is 8.08. The minimum Gasteiger partial charge on any atom is -0.398 e. The maximum absolute atomic E-state index is 11.1. The molecule has 0 radical (unpaired) electrons. The van der Waals surface area contributed by atoms with Crippen LogP contribution in [0.15, 0.2) is 36.4 Å². The highest BCUT2D eigenvalue weighted by Gasteiger charge is 2.07. The van der Waals surface area contributed by atoms with Crippen LogP contribution in [0.25, 0.3) is 10.8 Å². The highest BCUT2D eigenvalue weighted by molar-refractivity contribution is 6.68. The Morgan fingerprint density at radius 1 is 1.07 bits per heavy atom. The number of benzene rings is 2. The summed E-state index contributed by atoms with van der Waals surface area (Å²) in [5, 5.41) is 1.20. The van der Waals surface area contributed by atoms with Gasteiger partial charge in [0.1, 0.15) is 0 Å². The van der Waals surface area contributed by atoms with Crippen molar-refractivity contribution in [2.75, 3.05) is 5.73 Å². The van der Waals surface area contributed by atoms with Crippen molar-refractivity contribution < 1.29 is 4.79 Å². The quantitative estimate of drug-likeness (QED) is 0.575. The van der Waals surface area contributed by atoms with E-state index in [0.29, 0.717) is 11.3 Å².